The number of nitrogens with two attached hydrogens (primary N) is 1. The fourth-order valence-electron chi connectivity index (χ4n) is 1.46. The maximum absolute atomic E-state index is 12.0. The van der Waals surface area contributed by atoms with Crippen LogP contribution in [0.25, 0.3) is 0 Å². The summed E-state index contributed by atoms with van der Waals surface area (Å²) in [5.74, 6) is -0.324. The number of hydrogen-bond acceptors (Lipinski definition) is 2. The Bertz CT molecular complexity index is 585. The van der Waals surface area contributed by atoms with E-state index in [1.54, 1.807) is 12.1 Å². The van der Waals surface area contributed by atoms with Crippen LogP contribution in [0.5, 0.6) is 0 Å². The molecular weight excluding hydrogens is 271 g/mol. The zero-order valence-electron chi connectivity index (χ0n) is 9.28. The Morgan fingerprint density at radius 2 is 1.72 bits per heavy atom. The van der Waals surface area contributed by atoms with Gasteiger partial charge in [0.15, 0.2) is 0 Å². The molecule has 1 amide bonds. The fraction of sp³-hybridized carbons (Fsp3) is 0. The number of hydrogen-bond donors (Lipinski definition) is 2. The molecule has 0 spiro atoms. The lowest BCUT2D eigenvalue weighted by Crippen LogP contribution is -2.12. The van der Waals surface area contributed by atoms with Crippen LogP contribution in [0.4, 0.5) is 11.4 Å². The van der Waals surface area contributed by atoms with Crippen molar-refractivity contribution in [1.29, 1.82) is 0 Å². The zero-order chi connectivity index (χ0) is 13.1. The van der Waals surface area contributed by atoms with Crippen LogP contribution in [0, 0.1) is 0 Å². The lowest BCUT2D eigenvalue weighted by atomic mass is 10.2. The third-order valence-electron chi connectivity index (χ3n) is 2.36. The number of carbonyl (C=O) groups is 1. The molecule has 0 aliphatic rings. The molecule has 5 heteroatoms. The number of halogens is 2. The van der Waals surface area contributed by atoms with E-state index in [0.717, 1.165) is 0 Å². The van der Waals surface area contributed by atoms with E-state index in [-0.39, 0.29) is 10.9 Å². The Kier molecular flexibility index (Phi) is 3.75. The molecule has 2 rings (SSSR count). The smallest absolute Gasteiger partial charge is 0.257 e. The molecule has 0 saturated heterocycles. The molecule has 92 valence electrons. The molecule has 0 aliphatic carbocycles. The van der Waals surface area contributed by atoms with Crippen LogP contribution in [0.3, 0.4) is 0 Å². The van der Waals surface area contributed by atoms with E-state index in [2.05, 4.69) is 5.32 Å². The van der Waals surface area contributed by atoms with Crippen LogP contribution in [0.15, 0.2) is 42.5 Å². The number of nitrogen functional groups attached to an aromatic ring is 1. The maximum atomic E-state index is 12.0. The summed E-state index contributed by atoms with van der Waals surface area (Å²) >= 11 is 11.8. The lowest BCUT2D eigenvalue weighted by molar-refractivity contribution is 0.102. The van der Waals surface area contributed by atoms with Crippen molar-refractivity contribution in [2.45, 2.75) is 0 Å². The first-order valence-corrected chi connectivity index (χ1v) is 5.94. The number of para-hydroxylation sites is 1. The average molecular weight is 281 g/mol. The van der Waals surface area contributed by atoms with Crippen LogP contribution < -0.4 is 11.1 Å². The van der Waals surface area contributed by atoms with Crippen LogP contribution >= 0.6 is 23.2 Å². The van der Waals surface area contributed by atoms with Crippen molar-refractivity contribution >= 4 is 40.5 Å². The third kappa shape index (κ3) is 2.75. The van der Waals surface area contributed by atoms with E-state index in [9.17, 15) is 4.79 Å². The average Bonchev–Trinajstić information content (AvgIpc) is 2.35. The van der Waals surface area contributed by atoms with Crippen molar-refractivity contribution in [3.63, 3.8) is 0 Å². The predicted molar refractivity (Wildman–Crippen MR) is 75.3 cm³/mol. The van der Waals surface area contributed by atoms with Crippen molar-refractivity contribution in [2.75, 3.05) is 11.1 Å². The lowest BCUT2D eigenvalue weighted by Gasteiger charge is -2.08. The molecule has 0 atom stereocenters. The summed E-state index contributed by atoms with van der Waals surface area (Å²) in [7, 11) is 0. The van der Waals surface area contributed by atoms with Crippen LogP contribution in [0.1, 0.15) is 10.4 Å². The molecule has 3 N–H and O–H groups in total. The first-order chi connectivity index (χ1) is 8.58. The Labute approximate surface area is 115 Å². The van der Waals surface area contributed by atoms with Gasteiger partial charge < -0.3 is 11.1 Å². The van der Waals surface area contributed by atoms with Gasteiger partial charge >= 0.3 is 0 Å². The number of anilines is 2. The number of amides is 1. The highest BCUT2D eigenvalue weighted by Crippen LogP contribution is 2.27. The Morgan fingerprint density at radius 1 is 1.06 bits per heavy atom. The van der Waals surface area contributed by atoms with Crippen molar-refractivity contribution in [1.82, 2.24) is 0 Å². The normalized spacial score (nSPS) is 10.1. The van der Waals surface area contributed by atoms with Gasteiger partial charge in [-0.3, -0.25) is 4.79 Å². The van der Waals surface area contributed by atoms with Crippen LogP contribution in [-0.4, -0.2) is 5.91 Å². The second-order valence-electron chi connectivity index (χ2n) is 3.67. The minimum absolute atomic E-state index is 0.266. The topological polar surface area (TPSA) is 55.1 Å². The largest absolute Gasteiger partial charge is 0.398 e. The quantitative estimate of drug-likeness (QED) is 0.822. The number of benzene rings is 2. The van der Waals surface area contributed by atoms with E-state index in [1.165, 1.54) is 12.1 Å². The van der Waals surface area contributed by atoms with Gasteiger partial charge in [-0.15, -0.1) is 0 Å². The Hall–Kier alpha value is -1.71. The standard InChI is InChI=1S/C13H10Cl2N2O/c14-10-7-11(15)12(16)6-9(10)13(18)17-8-4-2-1-3-5-8/h1-7H,16H2,(H,17,18). The van der Waals surface area contributed by atoms with E-state index >= 15 is 0 Å². The summed E-state index contributed by atoms with van der Waals surface area (Å²) in [6.45, 7) is 0. The summed E-state index contributed by atoms with van der Waals surface area (Å²) in [4.78, 5) is 12.0. The molecule has 0 aromatic heterocycles. The van der Waals surface area contributed by atoms with Crippen molar-refractivity contribution < 1.29 is 4.79 Å². The van der Waals surface area contributed by atoms with E-state index in [4.69, 9.17) is 28.9 Å². The van der Waals surface area contributed by atoms with Gasteiger partial charge in [-0.05, 0) is 24.3 Å². The molecule has 0 unspecified atom stereocenters. The first kappa shape index (κ1) is 12.7. The Balaban J connectivity index is 2.27. The second kappa shape index (κ2) is 5.29. The van der Waals surface area contributed by atoms with E-state index in [1.807, 2.05) is 18.2 Å². The highest BCUT2D eigenvalue weighted by molar-refractivity contribution is 6.38. The fourth-order valence-corrected chi connectivity index (χ4v) is 1.93. The molecule has 0 saturated carbocycles. The van der Waals surface area contributed by atoms with Crippen LogP contribution in [-0.2, 0) is 0 Å². The molecule has 0 fully saturated rings. The SMILES string of the molecule is Nc1cc(C(=O)Nc2ccccc2)c(Cl)cc1Cl. The molecular formula is C13H10Cl2N2O. The summed E-state index contributed by atoms with van der Waals surface area (Å²) in [5.41, 5.74) is 6.95. The molecule has 2 aromatic rings. The molecule has 3 nitrogen and oxygen atoms in total. The van der Waals surface area contributed by atoms with Crippen molar-refractivity contribution in [2.24, 2.45) is 0 Å². The third-order valence-corrected chi connectivity index (χ3v) is 3.00. The minimum atomic E-state index is -0.324. The van der Waals surface area contributed by atoms with Gasteiger partial charge in [-0.1, -0.05) is 41.4 Å². The Morgan fingerprint density at radius 3 is 2.39 bits per heavy atom. The van der Waals surface area contributed by atoms with Gasteiger partial charge in [-0.2, -0.15) is 0 Å². The zero-order valence-corrected chi connectivity index (χ0v) is 10.8. The van der Waals surface area contributed by atoms with Gasteiger partial charge in [0.1, 0.15) is 0 Å². The highest BCUT2D eigenvalue weighted by atomic mass is 35.5. The van der Waals surface area contributed by atoms with Gasteiger partial charge in [-0.25, -0.2) is 0 Å². The van der Waals surface area contributed by atoms with E-state index < -0.39 is 0 Å². The molecule has 0 aliphatic heterocycles. The van der Waals surface area contributed by atoms with E-state index in [0.29, 0.717) is 22.0 Å². The summed E-state index contributed by atoms with van der Waals surface area (Å²) in [5, 5.41) is 3.32. The first-order valence-electron chi connectivity index (χ1n) is 5.19. The second-order valence-corrected chi connectivity index (χ2v) is 4.49. The number of nitrogens with one attached hydrogen (secondary N) is 1. The molecule has 0 radical (unpaired) electrons. The summed E-state index contributed by atoms with van der Waals surface area (Å²) in [6, 6.07) is 12.0. The van der Waals surface area contributed by atoms with Gasteiger partial charge in [0.2, 0.25) is 0 Å². The van der Waals surface area contributed by atoms with Gasteiger partial charge in [0, 0.05) is 5.69 Å². The summed E-state index contributed by atoms with van der Waals surface area (Å²) < 4.78 is 0. The van der Waals surface area contributed by atoms with Crippen LogP contribution in [0.2, 0.25) is 10.0 Å². The van der Waals surface area contributed by atoms with Crippen molar-refractivity contribution in [3.8, 4) is 0 Å². The maximum Gasteiger partial charge on any atom is 0.257 e. The minimum Gasteiger partial charge on any atom is -0.398 e. The van der Waals surface area contributed by atoms with Crippen molar-refractivity contribution in [3.05, 3.63) is 58.1 Å². The molecule has 18 heavy (non-hydrogen) atoms. The predicted octanol–water partition coefficient (Wildman–Crippen LogP) is 3.83. The van der Waals surface area contributed by atoms with Gasteiger partial charge in [0.25, 0.3) is 5.91 Å². The number of rotatable bonds is 2. The van der Waals surface area contributed by atoms with Gasteiger partial charge in [0.05, 0.1) is 21.3 Å². The molecule has 0 heterocycles. The molecule has 2 aromatic carbocycles. The number of carbonyl (C=O) groups excluding carboxylic acids is 1. The summed E-state index contributed by atoms with van der Waals surface area (Å²) in [6.07, 6.45) is 0. The molecule has 0 bridgehead atoms. The monoisotopic (exact) mass is 280 g/mol. The highest BCUT2D eigenvalue weighted by Gasteiger charge is 2.13.